The quantitative estimate of drug-likeness (QED) is 0.606. The molecule has 0 saturated carbocycles. The molecule has 1 unspecified atom stereocenters. The second-order valence-electron chi connectivity index (χ2n) is 6.25. The Morgan fingerprint density at radius 3 is 1.90 bits per heavy atom. The maximum atomic E-state index is 11.7. The van der Waals surface area contributed by atoms with E-state index in [-0.39, 0.29) is 18.5 Å². The number of hydrogen-bond acceptors (Lipinski definition) is 3. The highest BCUT2D eigenvalue weighted by Crippen LogP contribution is 2.09. The second kappa shape index (κ2) is 9.60. The molecule has 2 amide bonds. The van der Waals surface area contributed by atoms with E-state index < -0.39 is 11.9 Å². The van der Waals surface area contributed by atoms with Gasteiger partial charge >= 0.3 is 12.0 Å². The lowest BCUT2D eigenvalue weighted by Gasteiger charge is -2.30. The van der Waals surface area contributed by atoms with E-state index >= 15 is 0 Å². The first kappa shape index (κ1) is 19.7. The minimum Gasteiger partial charge on any atom is -0.481 e. The molecule has 0 aliphatic rings. The Balaban J connectivity index is 4.08. The molecule has 124 valence electrons. The fraction of sp³-hybridized carbons (Fsp3) is 0.867. The summed E-state index contributed by atoms with van der Waals surface area (Å²) < 4.78 is 0. The average molecular weight is 301 g/mol. The van der Waals surface area contributed by atoms with Crippen LogP contribution in [0.15, 0.2) is 0 Å². The first-order valence-electron chi connectivity index (χ1n) is 7.67. The third-order valence-corrected chi connectivity index (χ3v) is 3.59. The summed E-state index contributed by atoms with van der Waals surface area (Å²) in [6.45, 7) is 13.6. The molecule has 6 nitrogen and oxygen atoms in total. The van der Waals surface area contributed by atoms with Crippen molar-refractivity contribution < 1.29 is 14.7 Å². The molecule has 0 aromatic heterocycles. The van der Waals surface area contributed by atoms with Crippen LogP contribution in [0.2, 0.25) is 0 Å². The number of carbonyl (C=O) groups is 2. The van der Waals surface area contributed by atoms with Gasteiger partial charge in [-0.2, -0.15) is 0 Å². The van der Waals surface area contributed by atoms with Crippen LogP contribution in [0.3, 0.4) is 0 Å². The van der Waals surface area contributed by atoms with Gasteiger partial charge in [-0.25, -0.2) is 4.79 Å². The van der Waals surface area contributed by atoms with Gasteiger partial charge in [-0.1, -0.05) is 13.8 Å². The molecule has 6 heteroatoms. The number of carboxylic acids is 1. The van der Waals surface area contributed by atoms with Crippen molar-refractivity contribution in [3.63, 3.8) is 0 Å². The largest absolute Gasteiger partial charge is 0.481 e. The van der Waals surface area contributed by atoms with Gasteiger partial charge in [-0.3, -0.25) is 9.69 Å². The predicted octanol–water partition coefficient (Wildman–Crippen LogP) is 1.76. The summed E-state index contributed by atoms with van der Waals surface area (Å²) >= 11 is 0. The van der Waals surface area contributed by atoms with Crippen LogP contribution >= 0.6 is 0 Å². The Kier molecular flexibility index (Phi) is 9.01. The maximum absolute atomic E-state index is 11.7. The first-order chi connectivity index (χ1) is 9.66. The predicted molar refractivity (Wildman–Crippen MR) is 84.3 cm³/mol. The molecule has 0 bridgehead atoms. The van der Waals surface area contributed by atoms with Gasteiger partial charge in [0.05, 0.1) is 5.92 Å². The molecule has 0 rings (SSSR count). The minimum atomic E-state index is -0.879. The van der Waals surface area contributed by atoms with Crippen molar-refractivity contribution in [3.8, 4) is 0 Å². The highest BCUT2D eigenvalue weighted by atomic mass is 16.4. The number of hydrogen-bond donors (Lipinski definition) is 3. The monoisotopic (exact) mass is 301 g/mol. The highest BCUT2D eigenvalue weighted by molar-refractivity contribution is 5.75. The number of amides is 2. The van der Waals surface area contributed by atoms with Crippen molar-refractivity contribution in [1.29, 1.82) is 0 Å². The summed E-state index contributed by atoms with van der Waals surface area (Å²) in [5, 5.41) is 14.4. The van der Waals surface area contributed by atoms with Gasteiger partial charge in [-0.05, 0) is 33.6 Å². The zero-order chi connectivity index (χ0) is 16.6. The molecule has 0 heterocycles. The van der Waals surface area contributed by atoms with Crippen molar-refractivity contribution in [3.05, 3.63) is 0 Å². The van der Waals surface area contributed by atoms with E-state index in [9.17, 15) is 9.59 Å². The molecule has 3 N–H and O–H groups in total. The molecule has 1 atom stereocenters. The average Bonchev–Trinajstić information content (AvgIpc) is 2.32. The Morgan fingerprint density at radius 1 is 1.00 bits per heavy atom. The smallest absolute Gasteiger partial charge is 0.314 e. The Morgan fingerprint density at radius 2 is 1.52 bits per heavy atom. The molecular weight excluding hydrogens is 270 g/mol. The van der Waals surface area contributed by atoms with E-state index in [2.05, 4.69) is 43.2 Å². The number of carbonyl (C=O) groups excluding carboxylic acids is 1. The van der Waals surface area contributed by atoms with E-state index in [0.717, 1.165) is 6.54 Å². The molecule has 0 spiro atoms. The van der Waals surface area contributed by atoms with Crippen LogP contribution in [0.4, 0.5) is 4.79 Å². The lowest BCUT2D eigenvalue weighted by atomic mass is 9.96. The second-order valence-corrected chi connectivity index (χ2v) is 6.25. The lowest BCUT2D eigenvalue weighted by molar-refractivity contribution is -0.142. The van der Waals surface area contributed by atoms with Crippen molar-refractivity contribution in [2.24, 2.45) is 11.8 Å². The molecular formula is C15H31N3O3. The topological polar surface area (TPSA) is 81.7 Å². The molecule has 0 aromatic carbocycles. The van der Waals surface area contributed by atoms with Crippen molar-refractivity contribution in [1.82, 2.24) is 15.5 Å². The zero-order valence-corrected chi connectivity index (χ0v) is 14.1. The van der Waals surface area contributed by atoms with E-state index in [4.69, 9.17) is 5.11 Å². The number of urea groups is 1. The van der Waals surface area contributed by atoms with E-state index in [1.165, 1.54) is 0 Å². The molecule has 0 fully saturated rings. The summed E-state index contributed by atoms with van der Waals surface area (Å²) in [5.41, 5.74) is 0. The molecule has 0 aromatic rings. The van der Waals surface area contributed by atoms with Gasteiger partial charge in [0.25, 0.3) is 0 Å². The fourth-order valence-electron chi connectivity index (χ4n) is 2.28. The molecule has 0 aliphatic carbocycles. The van der Waals surface area contributed by atoms with Crippen LogP contribution in [-0.4, -0.2) is 53.7 Å². The first-order valence-corrected chi connectivity index (χ1v) is 7.67. The van der Waals surface area contributed by atoms with Crippen molar-refractivity contribution in [2.45, 2.75) is 53.6 Å². The van der Waals surface area contributed by atoms with Gasteiger partial charge in [0.15, 0.2) is 0 Å². The highest BCUT2D eigenvalue weighted by Gasteiger charge is 2.22. The van der Waals surface area contributed by atoms with Crippen molar-refractivity contribution >= 4 is 12.0 Å². The third kappa shape index (κ3) is 7.90. The summed E-state index contributed by atoms with van der Waals surface area (Å²) in [7, 11) is 0. The fourth-order valence-corrected chi connectivity index (χ4v) is 2.28. The maximum Gasteiger partial charge on any atom is 0.314 e. The lowest BCUT2D eigenvalue weighted by Crippen LogP contribution is -2.46. The van der Waals surface area contributed by atoms with Gasteiger partial charge in [0.1, 0.15) is 0 Å². The number of nitrogens with zero attached hydrogens (tertiary/aromatic N) is 1. The van der Waals surface area contributed by atoms with Gasteiger partial charge in [-0.15, -0.1) is 0 Å². The van der Waals surface area contributed by atoms with Crippen LogP contribution in [0.25, 0.3) is 0 Å². The Labute approximate surface area is 128 Å². The van der Waals surface area contributed by atoms with Gasteiger partial charge < -0.3 is 15.7 Å². The zero-order valence-electron chi connectivity index (χ0n) is 14.1. The molecule has 21 heavy (non-hydrogen) atoms. The van der Waals surface area contributed by atoms with Crippen LogP contribution in [-0.2, 0) is 4.79 Å². The summed E-state index contributed by atoms with van der Waals surface area (Å²) in [6, 6.07) is 0.536. The molecule has 0 saturated heterocycles. The molecule has 0 aliphatic heterocycles. The van der Waals surface area contributed by atoms with Gasteiger partial charge in [0.2, 0.25) is 0 Å². The third-order valence-electron chi connectivity index (χ3n) is 3.59. The number of aliphatic carboxylic acids is 1. The SMILES string of the molecule is CC(C)C(CNC(=O)NCCN(C(C)C)C(C)C)C(=O)O. The Bertz CT molecular complexity index is 322. The summed E-state index contributed by atoms with van der Waals surface area (Å²) in [4.78, 5) is 25.0. The van der Waals surface area contributed by atoms with E-state index in [1.807, 2.05) is 13.8 Å². The van der Waals surface area contributed by atoms with Crippen LogP contribution < -0.4 is 10.6 Å². The summed E-state index contributed by atoms with van der Waals surface area (Å²) in [6.07, 6.45) is 0. The van der Waals surface area contributed by atoms with Crippen molar-refractivity contribution in [2.75, 3.05) is 19.6 Å². The Hall–Kier alpha value is -1.30. The number of rotatable bonds is 9. The minimum absolute atomic E-state index is 0.0137. The normalized spacial score (nSPS) is 13.0. The standard InChI is InChI=1S/C15H31N3O3/c1-10(2)13(14(19)20)9-17-15(21)16-7-8-18(11(3)4)12(5)6/h10-13H,7-9H2,1-6H3,(H,19,20)(H2,16,17,21). The molecule has 0 radical (unpaired) electrons. The van der Waals surface area contributed by atoms with E-state index in [1.54, 1.807) is 0 Å². The number of nitrogens with one attached hydrogen (secondary N) is 2. The van der Waals surface area contributed by atoms with Crippen LogP contribution in [0, 0.1) is 11.8 Å². The van der Waals surface area contributed by atoms with Crippen LogP contribution in [0.5, 0.6) is 0 Å². The summed E-state index contributed by atoms with van der Waals surface area (Å²) in [5.74, 6) is -1.45. The van der Waals surface area contributed by atoms with E-state index in [0.29, 0.717) is 18.6 Å². The van der Waals surface area contributed by atoms with Gasteiger partial charge in [0, 0.05) is 31.7 Å². The van der Waals surface area contributed by atoms with Crippen LogP contribution in [0.1, 0.15) is 41.5 Å². The number of carboxylic acid groups (broad SMARTS) is 1.